The first-order valence-corrected chi connectivity index (χ1v) is 17.6. The van der Waals surface area contributed by atoms with Crippen LogP contribution >= 0.6 is 22.9 Å². The summed E-state index contributed by atoms with van der Waals surface area (Å²) in [5.74, 6) is -0.0578. The Kier molecular flexibility index (Phi) is 10.7. The molecular weight excluding hydrogens is 632 g/mol. The number of aryl methyl sites for hydroxylation is 1. The van der Waals surface area contributed by atoms with Gasteiger partial charge in [0.15, 0.2) is 16.4 Å². The number of sulfone groups is 1. The van der Waals surface area contributed by atoms with Crippen LogP contribution in [0.25, 0.3) is 12.2 Å². The largest absolute Gasteiger partial charge is 0.480 e. The molecule has 1 aliphatic rings. The van der Waals surface area contributed by atoms with Crippen LogP contribution in [-0.4, -0.2) is 44.2 Å². The number of nitrogens with zero attached hydrogens (tertiary/aromatic N) is 1. The van der Waals surface area contributed by atoms with Gasteiger partial charge in [0.05, 0.1) is 28.6 Å². The molecule has 0 radical (unpaired) electrons. The van der Waals surface area contributed by atoms with Crippen LogP contribution in [0.5, 0.6) is 5.75 Å². The molecule has 1 amide bonds. The van der Waals surface area contributed by atoms with Gasteiger partial charge in [0.2, 0.25) is 0 Å². The fourth-order valence-corrected chi connectivity index (χ4v) is 6.84. The van der Waals surface area contributed by atoms with Gasteiger partial charge in [-0.15, -0.1) is 11.3 Å². The maximum atomic E-state index is 13.4. The maximum absolute atomic E-state index is 13.4. The summed E-state index contributed by atoms with van der Waals surface area (Å²) in [6.45, 7) is 1.60. The summed E-state index contributed by atoms with van der Waals surface area (Å²) in [4.78, 5) is 30.2. The first-order valence-electron chi connectivity index (χ1n) is 14.6. The van der Waals surface area contributed by atoms with E-state index >= 15 is 0 Å². The average Bonchev–Trinajstić information content (AvgIpc) is 3.77. The second kappa shape index (κ2) is 14.9. The summed E-state index contributed by atoms with van der Waals surface area (Å²) in [7, 11) is -3.48. The van der Waals surface area contributed by atoms with E-state index in [2.05, 4.69) is 15.7 Å². The van der Waals surface area contributed by atoms with Gasteiger partial charge in [0, 0.05) is 21.9 Å². The van der Waals surface area contributed by atoms with Crippen LogP contribution in [0.15, 0.2) is 77.0 Å². The van der Waals surface area contributed by atoms with Gasteiger partial charge < -0.3 is 14.8 Å². The van der Waals surface area contributed by atoms with Crippen molar-refractivity contribution in [1.29, 1.82) is 0 Å². The Hall–Kier alpha value is -3.99. The third-order valence-electron chi connectivity index (χ3n) is 7.10. The van der Waals surface area contributed by atoms with Crippen molar-refractivity contribution in [2.24, 2.45) is 0 Å². The molecule has 1 N–H and O–H groups in total. The predicted octanol–water partition coefficient (Wildman–Crippen LogP) is 7.45. The fourth-order valence-electron chi connectivity index (χ4n) is 4.61. The molecule has 0 aliphatic heterocycles. The van der Waals surface area contributed by atoms with E-state index in [4.69, 9.17) is 21.1 Å². The Balaban J connectivity index is 1.28. The van der Waals surface area contributed by atoms with Gasteiger partial charge in [-0.3, -0.25) is 4.79 Å². The number of benzene rings is 3. The summed E-state index contributed by atoms with van der Waals surface area (Å²) in [6, 6.07) is 18.5. The molecule has 1 heterocycles. The van der Waals surface area contributed by atoms with Gasteiger partial charge in [0.1, 0.15) is 10.8 Å². The van der Waals surface area contributed by atoms with Crippen molar-refractivity contribution in [3.8, 4) is 5.75 Å². The van der Waals surface area contributed by atoms with E-state index in [1.165, 1.54) is 25.0 Å². The number of carbonyl (C=O) groups excluding carboxylic acids is 2. The van der Waals surface area contributed by atoms with E-state index in [1.807, 2.05) is 24.3 Å². The first-order chi connectivity index (χ1) is 21.7. The van der Waals surface area contributed by atoms with Crippen molar-refractivity contribution < 1.29 is 27.5 Å². The number of thiazole rings is 1. The minimum atomic E-state index is -3.48. The normalized spacial score (nSPS) is 13.1. The van der Waals surface area contributed by atoms with Gasteiger partial charge in [-0.25, -0.2) is 18.2 Å². The van der Waals surface area contributed by atoms with Crippen molar-refractivity contribution >= 4 is 62.5 Å². The monoisotopic (exact) mass is 664 g/mol. The summed E-state index contributed by atoms with van der Waals surface area (Å²) in [5.41, 5.74) is 3.59. The molecule has 8 nitrogen and oxygen atoms in total. The van der Waals surface area contributed by atoms with Crippen molar-refractivity contribution in [3.63, 3.8) is 0 Å². The number of hydrogen-bond acceptors (Lipinski definition) is 8. The summed E-state index contributed by atoms with van der Waals surface area (Å²) >= 11 is 7.50. The van der Waals surface area contributed by atoms with Gasteiger partial charge >= 0.3 is 5.97 Å². The lowest BCUT2D eigenvalue weighted by Gasteiger charge is -2.14. The Bertz CT molecular complexity index is 1800. The van der Waals surface area contributed by atoms with Crippen molar-refractivity contribution in [2.75, 3.05) is 24.3 Å². The average molecular weight is 665 g/mol. The molecule has 1 saturated carbocycles. The van der Waals surface area contributed by atoms with Crippen molar-refractivity contribution in [1.82, 2.24) is 4.98 Å². The van der Waals surface area contributed by atoms with Crippen LogP contribution in [0.2, 0.25) is 5.02 Å². The molecule has 45 heavy (non-hydrogen) atoms. The molecule has 0 spiro atoms. The van der Waals surface area contributed by atoms with E-state index < -0.39 is 15.8 Å². The second-order valence-electron chi connectivity index (χ2n) is 10.6. The Morgan fingerprint density at radius 2 is 1.87 bits per heavy atom. The second-order valence-corrected chi connectivity index (χ2v) is 14.0. The lowest BCUT2D eigenvalue weighted by Crippen LogP contribution is -2.17. The number of anilines is 1. The van der Waals surface area contributed by atoms with E-state index in [0.29, 0.717) is 40.8 Å². The lowest BCUT2D eigenvalue weighted by molar-refractivity contribution is -0.145. The molecule has 4 aromatic rings. The zero-order valence-corrected chi connectivity index (χ0v) is 27.1. The van der Waals surface area contributed by atoms with Gasteiger partial charge in [-0.05, 0) is 98.3 Å². The van der Waals surface area contributed by atoms with Crippen molar-refractivity contribution in [3.05, 3.63) is 105 Å². The van der Waals surface area contributed by atoms with E-state index in [9.17, 15) is 18.0 Å². The standard InChI is InChI=1S/C34H33ClN2O6S2/c1-2-42-33(38)21-43-31-16-8-24(6-4-18-45(40,41)28-14-12-27(35)13-15-28)20-29(31)37-34(39)26-7-3-5-23(19-26)9-17-32-36-30(22-44-32)25-10-11-25/h3,5,7-9,12-17,19-20,22,25H,2,4,6,10-11,18,21H2,1H3,(H,37,39)/b17-9+. The molecule has 1 fully saturated rings. The molecule has 1 aliphatic carbocycles. The maximum Gasteiger partial charge on any atom is 0.344 e. The zero-order valence-electron chi connectivity index (χ0n) is 24.7. The van der Waals surface area contributed by atoms with E-state index in [1.54, 1.807) is 60.7 Å². The van der Waals surface area contributed by atoms with Crippen LogP contribution in [-0.2, 0) is 25.8 Å². The Labute approximate surface area is 272 Å². The molecule has 0 unspecified atom stereocenters. The number of carbonyl (C=O) groups is 2. The number of hydrogen-bond donors (Lipinski definition) is 1. The molecular formula is C34H33ClN2O6S2. The highest BCUT2D eigenvalue weighted by atomic mass is 35.5. The summed E-state index contributed by atoms with van der Waals surface area (Å²) < 4.78 is 36.2. The molecule has 1 aromatic heterocycles. The molecule has 11 heteroatoms. The molecule has 234 valence electrons. The number of esters is 1. The smallest absolute Gasteiger partial charge is 0.344 e. The molecule has 0 saturated heterocycles. The van der Waals surface area contributed by atoms with Crippen LogP contribution in [0.1, 0.15) is 64.3 Å². The van der Waals surface area contributed by atoms with Crippen LogP contribution in [0.4, 0.5) is 5.69 Å². The summed E-state index contributed by atoms with van der Waals surface area (Å²) in [5, 5.41) is 6.40. The third kappa shape index (κ3) is 9.26. The minimum Gasteiger partial charge on any atom is -0.480 e. The fraction of sp³-hybridized carbons (Fsp3) is 0.265. The topological polar surface area (TPSA) is 112 Å². The number of rotatable bonds is 14. The Morgan fingerprint density at radius 1 is 1.07 bits per heavy atom. The van der Waals surface area contributed by atoms with E-state index in [-0.39, 0.29) is 29.8 Å². The lowest BCUT2D eigenvalue weighted by atomic mass is 10.1. The number of nitrogens with one attached hydrogen (secondary N) is 1. The number of halogens is 1. The molecule has 3 aromatic carbocycles. The SMILES string of the molecule is CCOC(=O)COc1ccc(CCCS(=O)(=O)c2ccc(Cl)cc2)cc1NC(=O)c1cccc(/C=C/c2nc(C3CC3)cs2)c1. The van der Waals surface area contributed by atoms with E-state index in [0.717, 1.165) is 21.8 Å². The third-order valence-corrected chi connectivity index (χ3v) is 9.99. The highest BCUT2D eigenvalue weighted by Gasteiger charge is 2.25. The van der Waals surface area contributed by atoms with Gasteiger partial charge in [-0.2, -0.15) is 0 Å². The van der Waals surface area contributed by atoms with Gasteiger partial charge in [-0.1, -0.05) is 35.9 Å². The molecule has 5 rings (SSSR count). The number of ether oxygens (including phenoxy) is 2. The predicted molar refractivity (Wildman–Crippen MR) is 178 cm³/mol. The first kappa shape index (κ1) is 32.4. The van der Waals surface area contributed by atoms with Crippen LogP contribution in [0, 0.1) is 0 Å². The highest BCUT2D eigenvalue weighted by Crippen LogP contribution is 2.40. The molecule has 0 bridgehead atoms. The summed E-state index contributed by atoms with van der Waals surface area (Å²) in [6.07, 6.45) is 7.08. The zero-order chi connectivity index (χ0) is 31.8. The number of amides is 1. The quantitative estimate of drug-likeness (QED) is 0.139. The molecule has 0 atom stereocenters. The van der Waals surface area contributed by atoms with Crippen molar-refractivity contribution in [2.45, 2.75) is 43.4 Å². The number of aromatic nitrogens is 1. The Morgan fingerprint density at radius 3 is 2.62 bits per heavy atom. The van der Waals surface area contributed by atoms with Crippen LogP contribution < -0.4 is 10.1 Å². The minimum absolute atomic E-state index is 0.0549. The van der Waals surface area contributed by atoms with Crippen LogP contribution in [0.3, 0.4) is 0 Å². The van der Waals surface area contributed by atoms with Gasteiger partial charge in [0.25, 0.3) is 5.91 Å². The highest BCUT2D eigenvalue weighted by molar-refractivity contribution is 7.91.